The fourth-order valence-corrected chi connectivity index (χ4v) is 4.44. The van der Waals surface area contributed by atoms with Gasteiger partial charge in [0.05, 0.1) is 46.6 Å². The van der Waals surface area contributed by atoms with Crippen LogP contribution in [0.5, 0.6) is 0 Å². The smallest absolute Gasteiger partial charge is 0.0887 e. The van der Waals surface area contributed by atoms with Crippen molar-refractivity contribution in [3.05, 3.63) is 106 Å². The van der Waals surface area contributed by atoms with Crippen LogP contribution >= 0.6 is 22.7 Å². The van der Waals surface area contributed by atoms with Gasteiger partial charge in [-0.3, -0.25) is 9.98 Å². The summed E-state index contributed by atoms with van der Waals surface area (Å²) in [5.74, 6) is 0. The van der Waals surface area contributed by atoms with E-state index in [2.05, 4.69) is 43.6 Å². The van der Waals surface area contributed by atoms with Gasteiger partial charge in [-0.1, -0.05) is 24.3 Å². The number of pyridine rings is 2. The molecule has 0 saturated heterocycles. The summed E-state index contributed by atoms with van der Waals surface area (Å²) in [5, 5.41) is 8.29. The van der Waals surface area contributed by atoms with E-state index in [9.17, 15) is 0 Å². The summed E-state index contributed by atoms with van der Waals surface area (Å²) in [6.07, 6.45) is 3.55. The topological polar surface area (TPSA) is 50.5 Å². The third-order valence-corrected chi connectivity index (χ3v) is 6.10. The van der Waals surface area contributed by atoms with Gasteiger partial charge >= 0.3 is 0 Å². The quantitative estimate of drug-likeness (QED) is 0.252. The van der Waals surface area contributed by atoms with E-state index >= 15 is 0 Å². The van der Waals surface area contributed by atoms with E-state index in [1.165, 1.54) is 0 Å². The van der Waals surface area contributed by atoms with Gasteiger partial charge in [0.15, 0.2) is 0 Å². The van der Waals surface area contributed by atoms with Crippen molar-refractivity contribution in [1.29, 1.82) is 0 Å². The Morgan fingerprint density at radius 3 is 1.50 bits per heavy atom. The first-order chi connectivity index (χ1) is 15.8. The normalized spacial score (nSPS) is 11.5. The van der Waals surface area contributed by atoms with Crippen molar-refractivity contribution in [2.75, 3.05) is 0 Å². The van der Waals surface area contributed by atoms with Crippen LogP contribution in [0.3, 0.4) is 0 Å². The summed E-state index contributed by atoms with van der Waals surface area (Å²) in [7, 11) is 0. The molecule has 5 aromatic rings. The fraction of sp³-hybridized carbons (Fsp3) is 0. The number of thiophene rings is 2. The fourth-order valence-electron chi connectivity index (χ4n) is 3.14. The molecule has 4 aromatic heterocycles. The van der Waals surface area contributed by atoms with Crippen LogP contribution in [0, 0.1) is 0 Å². The maximum atomic E-state index is 4.70. The first-order valence-corrected chi connectivity index (χ1v) is 11.9. The first kappa shape index (κ1) is 20.2. The van der Waals surface area contributed by atoms with E-state index in [0.29, 0.717) is 0 Å². The third kappa shape index (κ3) is 4.77. The number of benzene rings is 1. The molecule has 4 nitrogen and oxygen atoms in total. The molecule has 0 atom stereocenters. The van der Waals surface area contributed by atoms with E-state index in [-0.39, 0.29) is 0 Å². The highest BCUT2D eigenvalue weighted by atomic mass is 32.1. The average molecular weight is 451 g/mol. The van der Waals surface area contributed by atoms with Crippen LogP contribution in [-0.4, -0.2) is 22.4 Å². The number of aliphatic imine (C=N–C) groups is 2. The molecule has 154 valence electrons. The van der Waals surface area contributed by atoms with Gasteiger partial charge in [0, 0.05) is 21.9 Å². The Bertz CT molecular complexity index is 1260. The lowest BCUT2D eigenvalue weighted by atomic mass is 10.2. The third-order valence-electron chi connectivity index (χ3n) is 4.73. The zero-order chi connectivity index (χ0) is 21.6. The molecule has 0 amide bonds. The number of nitrogens with zero attached hydrogens (tertiary/aromatic N) is 4. The molecule has 5 rings (SSSR count). The van der Waals surface area contributed by atoms with Crippen molar-refractivity contribution in [3.63, 3.8) is 0 Å². The minimum atomic E-state index is 0.778. The molecule has 0 aliphatic carbocycles. The van der Waals surface area contributed by atoms with Crippen LogP contribution in [0.2, 0.25) is 0 Å². The van der Waals surface area contributed by atoms with Gasteiger partial charge in [0.25, 0.3) is 0 Å². The molecule has 32 heavy (non-hydrogen) atoms. The van der Waals surface area contributed by atoms with Crippen molar-refractivity contribution in [2.24, 2.45) is 9.98 Å². The highest BCUT2D eigenvalue weighted by Gasteiger charge is 2.03. The number of aromatic nitrogens is 2. The Balaban J connectivity index is 1.38. The summed E-state index contributed by atoms with van der Waals surface area (Å²) >= 11 is 3.32. The largest absolute Gasteiger partial charge is 0.252 e. The lowest BCUT2D eigenvalue weighted by Gasteiger charge is -2.02. The van der Waals surface area contributed by atoms with Gasteiger partial charge < -0.3 is 0 Å². The van der Waals surface area contributed by atoms with Gasteiger partial charge in [-0.15, -0.1) is 0 Å². The molecule has 0 radical (unpaired) electrons. The van der Waals surface area contributed by atoms with Crippen molar-refractivity contribution in [3.8, 4) is 22.5 Å². The molecular weight excluding hydrogens is 432 g/mol. The molecule has 4 heterocycles. The molecule has 6 heteroatoms. The Morgan fingerprint density at radius 2 is 1.06 bits per heavy atom. The van der Waals surface area contributed by atoms with Crippen LogP contribution in [0.1, 0.15) is 11.4 Å². The maximum Gasteiger partial charge on any atom is 0.0887 e. The highest BCUT2D eigenvalue weighted by Crippen LogP contribution is 2.27. The van der Waals surface area contributed by atoms with Gasteiger partial charge in [0.2, 0.25) is 0 Å². The monoisotopic (exact) mass is 450 g/mol. The molecule has 0 aliphatic rings. The summed E-state index contributed by atoms with van der Waals surface area (Å²) < 4.78 is 0. The standard InChI is InChI=1S/C26H18N4S2/c1-2-8-26(28-16-22-6-4-10-24(30-22)20-12-14-32-18-20)25(7-1)27-15-21-5-3-9-23(29-21)19-11-13-31-17-19/h1-18H. The van der Waals surface area contributed by atoms with Crippen molar-refractivity contribution < 1.29 is 0 Å². The molecule has 1 aromatic carbocycles. The first-order valence-electron chi connectivity index (χ1n) is 10.0. The van der Waals surface area contributed by atoms with Crippen molar-refractivity contribution >= 4 is 46.5 Å². The van der Waals surface area contributed by atoms with Crippen LogP contribution in [0.25, 0.3) is 22.5 Å². The van der Waals surface area contributed by atoms with E-state index in [1.807, 2.05) is 60.7 Å². The molecular formula is C26H18N4S2. The second kappa shape index (κ2) is 9.60. The van der Waals surface area contributed by atoms with Gasteiger partial charge in [0.1, 0.15) is 0 Å². The molecule has 0 unspecified atom stereocenters. The molecule has 0 spiro atoms. The van der Waals surface area contributed by atoms with Crippen LogP contribution < -0.4 is 0 Å². The molecule has 0 fully saturated rings. The SMILES string of the molecule is C(=Nc1ccccc1N=Cc1cccc(-c2ccsc2)n1)c1cccc(-c2ccsc2)n1. The van der Waals surface area contributed by atoms with E-state index < -0.39 is 0 Å². The summed E-state index contributed by atoms with van der Waals surface area (Å²) in [4.78, 5) is 18.7. The van der Waals surface area contributed by atoms with Crippen LogP contribution in [0.4, 0.5) is 11.4 Å². The van der Waals surface area contributed by atoms with Crippen LogP contribution in [-0.2, 0) is 0 Å². The van der Waals surface area contributed by atoms with E-state index in [4.69, 9.17) is 9.97 Å². The van der Waals surface area contributed by atoms with Gasteiger partial charge in [-0.2, -0.15) is 22.7 Å². The van der Waals surface area contributed by atoms with Crippen molar-refractivity contribution in [2.45, 2.75) is 0 Å². The van der Waals surface area contributed by atoms with Crippen molar-refractivity contribution in [1.82, 2.24) is 9.97 Å². The zero-order valence-corrected chi connectivity index (χ0v) is 18.6. The summed E-state index contributed by atoms with van der Waals surface area (Å²) in [6.45, 7) is 0. The Labute approximate surface area is 194 Å². The number of rotatable bonds is 6. The van der Waals surface area contributed by atoms with Gasteiger partial charge in [-0.05, 0) is 59.3 Å². The minimum Gasteiger partial charge on any atom is -0.252 e. The predicted molar refractivity (Wildman–Crippen MR) is 136 cm³/mol. The second-order valence-electron chi connectivity index (χ2n) is 6.92. The molecule has 0 N–H and O–H groups in total. The maximum absolute atomic E-state index is 4.70. The lowest BCUT2D eigenvalue weighted by molar-refractivity contribution is 1.30. The minimum absolute atomic E-state index is 0.778. The summed E-state index contributed by atoms with van der Waals surface area (Å²) in [5.41, 5.74) is 7.28. The molecule has 0 aliphatic heterocycles. The molecule has 0 saturated carbocycles. The highest BCUT2D eigenvalue weighted by molar-refractivity contribution is 7.08. The number of hydrogen-bond acceptors (Lipinski definition) is 6. The second-order valence-corrected chi connectivity index (χ2v) is 8.48. The summed E-state index contributed by atoms with van der Waals surface area (Å²) in [6, 6.07) is 23.8. The molecule has 0 bridgehead atoms. The van der Waals surface area contributed by atoms with E-state index in [0.717, 1.165) is 45.3 Å². The van der Waals surface area contributed by atoms with E-state index in [1.54, 1.807) is 35.1 Å². The van der Waals surface area contributed by atoms with Gasteiger partial charge in [-0.25, -0.2) is 9.97 Å². The Kier molecular flexibility index (Phi) is 6.05. The van der Waals surface area contributed by atoms with Crippen LogP contribution in [0.15, 0.2) is 104 Å². The zero-order valence-electron chi connectivity index (χ0n) is 17.0. The number of para-hydroxylation sites is 2. The lowest BCUT2D eigenvalue weighted by Crippen LogP contribution is -1.90. The number of hydrogen-bond donors (Lipinski definition) is 0. The predicted octanol–water partition coefficient (Wildman–Crippen LogP) is 7.43. The Morgan fingerprint density at radius 1 is 0.562 bits per heavy atom. The average Bonchev–Trinajstić information content (AvgIpc) is 3.57. The Hall–Kier alpha value is -3.74.